The van der Waals surface area contributed by atoms with E-state index in [-0.39, 0.29) is 11.9 Å². The minimum atomic E-state index is -0.209. The quantitative estimate of drug-likeness (QED) is 0.763. The summed E-state index contributed by atoms with van der Waals surface area (Å²) >= 11 is 0. The van der Waals surface area contributed by atoms with E-state index in [1.165, 1.54) is 17.7 Å². The Bertz CT molecular complexity index is 533. The Kier molecular flexibility index (Phi) is 5.08. The van der Waals surface area contributed by atoms with Crippen molar-refractivity contribution in [2.45, 2.75) is 25.4 Å². The zero-order chi connectivity index (χ0) is 14.4. The summed E-state index contributed by atoms with van der Waals surface area (Å²) in [7, 11) is 0. The average molecular weight is 269 g/mol. The van der Waals surface area contributed by atoms with Gasteiger partial charge in [-0.05, 0) is 36.6 Å². The molecule has 0 amide bonds. The Morgan fingerprint density at radius 1 is 1.05 bits per heavy atom. The number of hydrogen-bond acceptors (Lipinski definition) is 1. The summed E-state index contributed by atoms with van der Waals surface area (Å²) in [5.41, 5.74) is 2.24. The van der Waals surface area contributed by atoms with Crippen LogP contribution < -0.4 is 5.32 Å². The van der Waals surface area contributed by atoms with Crippen LogP contribution in [0.25, 0.3) is 0 Å². The van der Waals surface area contributed by atoms with Crippen molar-refractivity contribution < 1.29 is 4.39 Å². The molecule has 0 bridgehead atoms. The van der Waals surface area contributed by atoms with Crippen LogP contribution in [-0.4, -0.2) is 6.04 Å². The highest BCUT2D eigenvalue weighted by molar-refractivity contribution is 5.32. The highest BCUT2D eigenvalue weighted by Gasteiger charge is 2.15. The van der Waals surface area contributed by atoms with Crippen LogP contribution in [0.5, 0.6) is 0 Å². The van der Waals surface area contributed by atoms with Gasteiger partial charge in [0.2, 0.25) is 0 Å². The summed E-state index contributed by atoms with van der Waals surface area (Å²) in [6.07, 6.45) is 2.80. The second-order valence-corrected chi connectivity index (χ2v) is 4.99. The molecule has 104 valence electrons. The zero-order valence-corrected chi connectivity index (χ0v) is 11.7. The molecule has 2 unspecified atom stereocenters. The van der Waals surface area contributed by atoms with Gasteiger partial charge in [-0.1, -0.05) is 48.5 Å². The maximum absolute atomic E-state index is 13.1. The second kappa shape index (κ2) is 7.01. The highest BCUT2D eigenvalue weighted by atomic mass is 19.1. The van der Waals surface area contributed by atoms with Crippen LogP contribution >= 0.6 is 0 Å². The molecule has 2 rings (SSSR count). The number of halogens is 1. The lowest BCUT2D eigenvalue weighted by Gasteiger charge is -2.24. The van der Waals surface area contributed by atoms with Crippen molar-refractivity contribution in [1.29, 1.82) is 0 Å². The first-order valence-electron chi connectivity index (χ1n) is 6.88. The molecular weight excluding hydrogens is 249 g/mol. The van der Waals surface area contributed by atoms with Gasteiger partial charge in [-0.2, -0.15) is 0 Å². The molecule has 2 heteroatoms. The van der Waals surface area contributed by atoms with Crippen molar-refractivity contribution in [3.8, 4) is 0 Å². The Hall–Kier alpha value is -1.93. The van der Waals surface area contributed by atoms with E-state index in [2.05, 4.69) is 31.0 Å². The number of hydrogen-bond donors (Lipinski definition) is 1. The van der Waals surface area contributed by atoms with E-state index in [1.54, 1.807) is 0 Å². The SMILES string of the molecule is C=CCC(C)NC(c1ccccc1)c1ccc(F)cc1. The molecule has 2 aromatic rings. The topological polar surface area (TPSA) is 12.0 Å². The van der Waals surface area contributed by atoms with Gasteiger partial charge < -0.3 is 5.32 Å². The average Bonchev–Trinajstić information content (AvgIpc) is 2.47. The number of benzene rings is 2. The third-order valence-electron chi connectivity index (χ3n) is 3.31. The number of nitrogens with one attached hydrogen (secondary N) is 1. The molecule has 0 aliphatic carbocycles. The monoisotopic (exact) mass is 269 g/mol. The molecule has 0 aliphatic rings. The molecule has 20 heavy (non-hydrogen) atoms. The summed E-state index contributed by atoms with van der Waals surface area (Å²) in [5.74, 6) is -0.209. The van der Waals surface area contributed by atoms with Gasteiger partial charge in [0, 0.05) is 6.04 Å². The fourth-order valence-corrected chi connectivity index (χ4v) is 2.29. The van der Waals surface area contributed by atoms with Gasteiger partial charge in [-0.15, -0.1) is 6.58 Å². The first kappa shape index (κ1) is 14.5. The highest BCUT2D eigenvalue weighted by Crippen LogP contribution is 2.23. The first-order valence-corrected chi connectivity index (χ1v) is 6.88. The van der Waals surface area contributed by atoms with Crippen LogP contribution in [-0.2, 0) is 0 Å². The van der Waals surface area contributed by atoms with Crippen LogP contribution in [0.3, 0.4) is 0 Å². The minimum absolute atomic E-state index is 0.0618. The molecule has 1 nitrogen and oxygen atoms in total. The molecule has 0 saturated heterocycles. The Labute approximate surface area is 120 Å². The van der Waals surface area contributed by atoms with Gasteiger partial charge in [-0.3, -0.25) is 0 Å². The van der Waals surface area contributed by atoms with E-state index in [9.17, 15) is 4.39 Å². The van der Waals surface area contributed by atoms with E-state index in [0.29, 0.717) is 6.04 Å². The predicted molar refractivity (Wildman–Crippen MR) is 82.1 cm³/mol. The minimum Gasteiger partial charge on any atom is -0.303 e. The van der Waals surface area contributed by atoms with E-state index < -0.39 is 0 Å². The predicted octanol–water partition coefficient (Wildman–Crippen LogP) is 4.47. The molecule has 2 atom stereocenters. The maximum atomic E-state index is 13.1. The Morgan fingerprint density at radius 3 is 2.25 bits per heavy atom. The fourth-order valence-electron chi connectivity index (χ4n) is 2.29. The first-order chi connectivity index (χ1) is 9.70. The van der Waals surface area contributed by atoms with Crippen molar-refractivity contribution in [2.75, 3.05) is 0 Å². The molecule has 1 N–H and O–H groups in total. The standard InChI is InChI=1S/C18H20FN/c1-3-7-14(2)20-18(15-8-5-4-6-9-15)16-10-12-17(19)13-11-16/h3-6,8-14,18,20H,1,7H2,2H3. The van der Waals surface area contributed by atoms with E-state index >= 15 is 0 Å². The van der Waals surface area contributed by atoms with Crippen LogP contribution in [0.15, 0.2) is 67.3 Å². The maximum Gasteiger partial charge on any atom is 0.123 e. The molecule has 0 aromatic heterocycles. The van der Waals surface area contributed by atoms with Crippen molar-refractivity contribution in [2.24, 2.45) is 0 Å². The fraction of sp³-hybridized carbons (Fsp3) is 0.222. The van der Waals surface area contributed by atoms with E-state index in [1.807, 2.05) is 36.4 Å². The zero-order valence-electron chi connectivity index (χ0n) is 11.7. The molecule has 0 radical (unpaired) electrons. The summed E-state index contributed by atoms with van der Waals surface area (Å²) in [6.45, 7) is 5.90. The summed E-state index contributed by atoms with van der Waals surface area (Å²) < 4.78 is 13.1. The van der Waals surface area contributed by atoms with Gasteiger partial charge in [0.05, 0.1) is 6.04 Å². The molecular formula is C18H20FN. The van der Waals surface area contributed by atoms with Gasteiger partial charge in [0.25, 0.3) is 0 Å². The van der Waals surface area contributed by atoms with Crippen molar-refractivity contribution in [3.63, 3.8) is 0 Å². The lowest BCUT2D eigenvalue weighted by Crippen LogP contribution is -2.30. The molecule has 0 spiro atoms. The normalized spacial score (nSPS) is 13.7. The van der Waals surface area contributed by atoms with Gasteiger partial charge in [0.1, 0.15) is 5.82 Å². The Morgan fingerprint density at radius 2 is 1.65 bits per heavy atom. The van der Waals surface area contributed by atoms with Crippen LogP contribution in [0, 0.1) is 5.82 Å². The van der Waals surface area contributed by atoms with Crippen molar-refractivity contribution in [3.05, 3.63) is 84.2 Å². The van der Waals surface area contributed by atoms with Crippen LogP contribution in [0.1, 0.15) is 30.5 Å². The lowest BCUT2D eigenvalue weighted by atomic mass is 9.97. The summed E-state index contributed by atoms with van der Waals surface area (Å²) in [5, 5.41) is 3.58. The largest absolute Gasteiger partial charge is 0.303 e. The van der Waals surface area contributed by atoms with Crippen LogP contribution in [0.4, 0.5) is 4.39 Å². The smallest absolute Gasteiger partial charge is 0.123 e. The van der Waals surface area contributed by atoms with E-state index in [4.69, 9.17) is 0 Å². The van der Waals surface area contributed by atoms with E-state index in [0.717, 1.165) is 12.0 Å². The number of rotatable bonds is 6. The molecule has 2 aromatic carbocycles. The summed E-state index contributed by atoms with van der Waals surface area (Å²) in [6, 6.07) is 17.3. The van der Waals surface area contributed by atoms with Gasteiger partial charge in [-0.25, -0.2) is 4.39 Å². The van der Waals surface area contributed by atoms with Crippen molar-refractivity contribution >= 4 is 0 Å². The van der Waals surface area contributed by atoms with Gasteiger partial charge in [0.15, 0.2) is 0 Å². The van der Waals surface area contributed by atoms with Crippen LogP contribution in [0.2, 0.25) is 0 Å². The third kappa shape index (κ3) is 3.78. The van der Waals surface area contributed by atoms with Gasteiger partial charge >= 0.3 is 0 Å². The molecule has 0 fully saturated rings. The molecule has 0 aliphatic heterocycles. The summed E-state index contributed by atoms with van der Waals surface area (Å²) in [4.78, 5) is 0. The molecule has 0 saturated carbocycles. The van der Waals surface area contributed by atoms with Crippen molar-refractivity contribution in [1.82, 2.24) is 5.32 Å². The second-order valence-electron chi connectivity index (χ2n) is 4.99. The third-order valence-corrected chi connectivity index (χ3v) is 3.31. The lowest BCUT2D eigenvalue weighted by molar-refractivity contribution is 0.501. The molecule has 0 heterocycles. The Balaban J connectivity index is 2.28.